The van der Waals surface area contributed by atoms with Crippen molar-refractivity contribution in [1.29, 1.82) is 0 Å². The normalized spacial score (nSPS) is 12.2. The molecule has 0 radical (unpaired) electrons. The number of anilines is 1. The predicted octanol–water partition coefficient (Wildman–Crippen LogP) is 4.17. The van der Waals surface area contributed by atoms with Gasteiger partial charge >= 0.3 is 0 Å². The molecule has 0 spiro atoms. The molecule has 19 heavy (non-hydrogen) atoms. The molecule has 3 nitrogen and oxygen atoms in total. The van der Waals surface area contributed by atoms with Crippen LogP contribution in [0.5, 0.6) is 11.5 Å². The molecule has 2 aromatic rings. The van der Waals surface area contributed by atoms with Crippen LogP contribution in [0.4, 0.5) is 10.1 Å². The Morgan fingerprint density at radius 1 is 1.16 bits per heavy atom. The maximum absolute atomic E-state index is 13.6. The van der Waals surface area contributed by atoms with Gasteiger partial charge in [-0.2, -0.15) is 0 Å². The highest BCUT2D eigenvalue weighted by atomic mass is 79.9. The van der Waals surface area contributed by atoms with Crippen molar-refractivity contribution < 1.29 is 14.6 Å². The Hall–Kier alpha value is -1.75. The maximum atomic E-state index is 13.6. The van der Waals surface area contributed by atoms with Crippen molar-refractivity contribution >= 4 is 21.6 Å². The van der Waals surface area contributed by atoms with Crippen molar-refractivity contribution in [2.45, 2.75) is 13.0 Å². The molecule has 3 N–H and O–H groups in total. The van der Waals surface area contributed by atoms with Gasteiger partial charge in [0.05, 0.1) is 17.3 Å². The van der Waals surface area contributed by atoms with Crippen molar-refractivity contribution in [2.24, 2.45) is 0 Å². The monoisotopic (exact) mass is 325 g/mol. The third-order valence-electron chi connectivity index (χ3n) is 2.79. The number of hydrogen-bond donors (Lipinski definition) is 3. The highest BCUT2D eigenvalue weighted by Crippen LogP contribution is 2.34. The molecule has 0 saturated heterocycles. The largest absolute Gasteiger partial charge is 0.507 e. The third-order valence-corrected chi connectivity index (χ3v) is 3.29. The molecule has 0 fully saturated rings. The van der Waals surface area contributed by atoms with Gasteiger partial charge < -0.3 is 15.5 Å². The van der Waals surface area contributed by atoms with E-state index in [4.69, 9.17) is 0 Å². The Morgan fingerprint density at radius 2 is 1.79 bits per heavy atom. The summed E-state index contributed by atoms with van der Waals surface area (Å²) >= 11 is 3.27. The molecular formula is C14H13BrFNO2. The van der Waals surface area contributed by atoms with Crippen LogP contribution in [0.25, 0.3) is 0 Å². The average molecular weight is 326 g/mol. The molecule has 0 heterocycles. The van der Waals surface area contributed by atoms with Crippen LogP contribution in [0.15, 0.2) is 40.9 Å². The second-order valence-electron chi connectivity index (χ2n) is 4.20. The fourth-order valence-electron chi connectivity index (χ4n) is 1.90. The van der Waals surface area contributed by atoms with Crippen molar-refractivity contribution in [2.75, 3.05) is 5.32 Å². The van der Waals surface area contributed by atoms with Gasteiger partial charge in [0.1, 0.15) is 17.3 Å². The average Bonchev–Trinajstić information content (AvgIpc) is 2.33. The van der Waals surface area contributed by atoms with E-state index >= 15 is 0 Å². The summed E-state index contributed by atoms with van der Waals surface area (Å²) < 4.78 is 14.4. The lowest BCUT2D eigenvalue weighted by Crippen LogP contribution is -2.08. The van der Waals surface area contributed by atoms with E-state index in [1.165, 1.54) is 18.2 Å². The van der Waals surface area contributed by atoms with Gasteiger partial charge in [-0.1, -0.05) is 22.0 Å². The number of phenols is 2. The SMILES string of the molecule is CC(Nc1cc(Br)ccc1F)c1c(O)cccc1O. The minimum atomic E-state index is -0.440. The Balaban J connectivity index is 2.31. The van der Waals surface area contributed by atoms with Crippen LogP contribution < -0.4 is 5.32 Å². The van der Waals surface area contributed by atoms with Gasteiger partial charge in [-0.05, 0) is 37.3 Å². The molecule has 2 rings (SSSR count). The highest BCUT2D eigenvalue weighted by molar-refractivity contribution is 9.10. The summed E-state index contributed by atoms with van der Waals surface area (Å²) in [6.45, 7) is 1.73. The van der Waals surface area contributed by atoms with E-state index in [1.54, 1.807) is 25.1 Å². The summed E-state index contributed by atoms with van der Waals surface area (Å²) in [5, 5.41) is 22.4. The fourth-order valence-corrected chi connectivity index (χ4v) is 2.26. The first-order valence-corrected chi connectivity index (χ1v) is 6.50. The number of halogens is 2. The number of hydrogen-bond acceptors (Lipinski definition) is 3. The lowest BCUT2D eigenvalue weighted by atomic mass is 10.1. The summed E-state index contributed by atoms with van der Waals surface area (Å²) in [6.07, 6.45) is 0. The summed E-state index contributed by atoms with van der Waals surface area (Å²) in [6, 6.07) is 8.59. The highest BCUT2D eigenvalue weighted by Gasteiger charge is 2.16. The van der Waals surface area contributed by atoms with Gasteiger partial charge in [0.15, 0.2) is 0 Å². The number of rotatable bonds is 3. The molecule has 0 aliphatic carbocycles. The fraction of sp³-hybridized carbons (Fsp3) is 0.143. The van der Waals surface area contributed by atoms with Gasteiger partial charge in [0.2, 0.25) is 0 Å². The molecule has 0 aromatic heterocycles. The summed E-state index contributed by atoms with van der Waals surface area (Å²) in [4.78, 5) is 0. The van der Waals surface area contributed by atoms with Crippen LogP contribution in [0.3, 0.4) is 0 Å². The minimum Gasteiger partial charge on any atom is -0.507 e. The number of benzene rings is 2. The van der Waals surface area contributed by atoms with Gasteiger partial charge in [0.25, 0.3) is 0 Å². The number of nitrogens with one attached hydrogen (secondary N) is 1. The van der Waals surface area contributed by atoms with E-state index in [1.807, 2.05) is 0 Å². The molecule has 0 bridgehead atoms. The molecule has 1 unspecified atom stereocenters. The van der Waals surface area contributed by atoms with Crippen molar-refractivity contribution in [1.82, 2.24) is 0 Å². The molecule has 0 amide bonds. The standard InChI is InChI=1S/C14H13BrFNO2/c1-8(14-12(18)3-2-4-13(14)19)17-11-7-9(15)5-6-10(11)16/h2-8,17-19H,1H3. The quantitative estimate of drug-likeness (QED) is 0.793. The topological polar surface area (TPSA) is 52.5 Å². The van der Waals surface area contributed by atoms with Gasteiger partial charge in [-0.3, -0.25) is 0 Å². The number of phenolic OH excluding ortho intramolecular Hbond substituents is 2. The lowest BCUT2D eigenvalue weighted by molar-refractivity contribution is 0.434. The maximum Gasteiger partial charge on any atom is 0.146 e. The molecule has 0 saturated carbocycles. The van der Waals surface area contributed by atoms with Crippen molar-refractivity contribution in [3.05, 3.63) is 52.3 Å². The van der Waals surface area contributed by atoms with Gasteiger partial charge in [0, 0.05) is 4.47 Å². The molecule has 0 aliphatic heterocycles. The van der Waals surface area contributed by atoms with E-state index < -0.39 is 11.9 Å². The van der Waals surface area contributed by atoms with Gasteiger partial charge in [-0.25, -0.2) is 4.39 Å². The first-order valence-electron chi connectivity index (χ1n) is 5.71. The summed E-state index contributed by atoms with van der Waals surface area (Å²) in [5.41, 5.74) is 0.631. The van der Waals surface area contributed by atoms with Crippen molar-refractivity contribution in [3.63, 3.8) is 0 Å². The Bertz CT molecular complexity index is 584. The Labute approximate surface area is 118 Å². The van der Waals surface area contributed by atoms with E-state index in [2.05, 4.69) is 21.2 Å². The summed E-state index contributed by atoms with van der Waals surface area (Å²) in [5.74, 6) is -0.462. The summed E-state index contributed by atoms with van der Waals surface area (Å²) in [7, 11) is 0. The lowest BCUT2D eigenvalue weighted by Gasteiger charge is -2.18. The number of aromatic hydroxyl groups is 2. The molecule has 1 atom stereocenters. The van der Waals surface area contributed by atoms with E-state index in [-0.39, 0.29) is 11.5 Å². The molecule has 2 aromatic carbocycles. The molecular weight excluding hydrogens is 313 g/mol. The zero-order chi connectivity index (χ0) is 14.0. The van der Waals surface area contributed by atoms with Crippen LogP contribution in [0, 0.1) is 5.82 Å². The minimum absolute atomic E-state index is 0.0320. The van der Waals surface area contributed by atoms with Crippen LogP contribution in [-0.2, 0) is 0 Å². The molecule has 0 aliphatic rings. The van der Waals surface area contributed by atoms with Gasteiger partial charge in [-0.15, -0.1) is 0 Å². The van der Waals surface area contributed by atoms with E-state index in [0.29, 0.717) is 11.3 Å². The molecule has 100 valence electrons. The van der Waals surface area contributed by atoms with Crippen LogP contribution in [-0.4, -0.2) is 10.2 Å². The Morgan fingerprint density at radius 3 is 2.42 bits per heavy atom. The van der Waals surface area contributed by atoms with E-state index in [0.717, 1.165) is 4.47 Å². The first-order chi connectivity index (χ1) is 8.99. The van der Waals surface area contributed by atoms with Crippen molar-refractivity contribution in [3.8, 4) is 11.5 Å². The van der Waals surface area contributed by atoms with Crippen LogP contribution >= 0.6 is 15.9 Å². The van der Waals surface area contributed by atoms with Crippen LogP contribution in [0.2, 0.25) is 0 Å². The zero-order valence-electron chi connectivity index (χ0n) is 10.2. The third kappa shape index (κ3) is 2.98. The zero-order valence-corrected chi connectivity index (χ0v) is 11.8. The first kappa shape index (κ1) is 13.7. The molecule has 5 heteroatoms. The van der Waals surface area contributed by atoms with Crippen LogP contribution in [0.1, 0.15) is 18.5 Å². The smallest absolute Gasteiger partial charge is 0.146 e. The second kappa shape index (κ2) is 5.48. The predicted molar refractivity (Wildman–Crippen MR) is 75.9 cm³/mol. The van der Waals surface area contributed by atoms with E-state index in [9.17, 15) is 14.6 Å². The second-order valence-corrected chi connectivity index (χ2v) is 5.12. The Kier molecular flexibility index (Phi) is 3.95.